The molecule has 0 spiro atoms. The summed E-state index contributed by atoms with van der Waals surface area (Å²) >= 11 is 0. The molecule has 0 aliphatic heterocycles. The molecule has 0 amide bonds. The second kappa shape index (κ2) is 3.79. The topological polar surface area (TPSA) is 0 Å². The van der Waals surface area contributed by atoms with Gasteiger partial charge in [0.1, 0.15) is 0 Å². The number of aryl methyl sites for hydroxylation is 3. The zero-order valence-corrected chi connectivity index (χ0v) is 9.66. The van der Waals surface area contributed by atoms with Crippen molar-refractivity contribution in [3.8, 4) is 11.1 Å². The van der Waals surface area contributed by atoms with E-state index in [1.54, 1.807) is 0 Å². The first-order valence-electron chi connectivity index (χ1n) is 6.08. The monoisotopic (exact) mass is 208 g/mol. The Balaban J connectivity index is 2.18. The van der Waals surface area contributed by atoms with Gasteiger partial charge in [0.15, 0.2) is 0 Å². The lowest BCUT2D eigenvalue weighted by molar-refractivity contribution is 0.935. The fourth-order valence-corrected chi connectivity index (χ4v) is 2.61. The van der Waals surface area contributed by atoms with Crippen molar-refractivity contribution in [2.75, 3.05) is 0 Å². The fourth-order valence-electron chi connectivity index (χ4n) is 2.61. The molecule has 0 atom stereocenters. The molecule has 0 bridgehead atoms. The van der Waals surface area contributed by atoms with Crippen molar-refractivity contribution < 1.29 is 0 Å². The Hall–Kier alpha value is -1.56. The first kappa shape index (κ1) is 9.65. The van der Waals surface area contributed by atoms with Gasteiger partial charge in [0.05, 0.1) is 0 Å². The molecule has 0 N–H and O–H groups in total. The van der Waals surface area contributed by atoms with Crippen LogP contribution in [0, 0.1) is 0 Å². The Labute approximate surface area is 96.9 Å². The summed E-state index contributed by atoms with van der Waals surface area (Å²) in [6, 6.07) is 15.7. The lowest BCUT2D eigenvalue weighted by Gasteiger charge is -2.20. The zero-order valence-electron chi connectivity index (χ0n) is 9.66. The Kier molecular flexibility index (Phi) is 2.28. The van der Waals surface area contributed by atoms with Crippen LogP contribution >= 0.6 is 0 Å². The Bertz CT molecular complexity index is 523. The van der Waals surface area contributed by atoms with Crippen LogP contribution in [0.25, 0.3) is 11.1 Å². The van der Waals surface area contributed by atoms with E-state index in [-0.39, 0.29) is 0 Å². The van der Waals surface area contributed by atoms with Crippen LogP contribution in [0.4, 0.5) is 0 Å². The minimum Gasteiger partial charge on any atom is -0.0620 e. The van der Waals surface area contributed by atoms with Gasteiger partial charge in [-0.2, -0.15) is 0 Å². The summed E-state index contributed by atoms with van der Waals surface area (Å²) in [4.78, 5) is 0. The van der Waals surface area contributed by atoms with E-state index in [1.807, 2.05) is 0 Å². The van der Waals surface area contributed by atoms with E-state index >= 15 is 0 Å². The van der Waals surface area contributed by atoms with Gasteiger partial charge in [-0.1, -0.05) is 49.4 Å². The molecule has 1 aliphatic carbocycles. The molecular weight excluding hydrogens is 192 g/mol. The predicted molar refractivity (Wildman–Crippen MR) is 68.7 cm³/mol. The second-order valence-electron chi connectivity index (χ2n) is 4.50. The molecule has 0 heteroatoms. The summed E-state index contributed by atoms with van der Waals surface area (Å²) in [7, 11) is 0. The average molecular weight is 208 g/mol. The molecular formula is C16H16. The van der Waals surface area contributed by atoms with Crippen LogP contribution in [0.3, 0.4) is 0 Å². The SMILES string of the molecule is CCc1ccc2c(c1)CCc1ccccc1-2. The maximum absolute atomic E-state index is 2.38. The van der Waals surface area contributed by atoms with Crippen LogP contribution in [0.2, 0.25) is 0 Å². The van der Waals surface area contributed by atoms with Crippen molar-refractivity contribution in [1.29, 1.82) is 0 Å². The van der Waals surface area contributed by atoms with Gasteiger partial charge in [0.2, 0.25) is 0 Å². The maximum atomic E-state index is 2.38. The summed E-state index contributed by atoms with van der Waals surface area (Å²) in [5, 5.41) is 0. The van der Waals surface area contributed by atoms with E-state index in [0.717, 1.165) is 6.42 Å². The standard InChI is InChI=1S/C16H16/c1-2-12-7-10-16-14(11-12)9-8-13-5-3-4-6-15(13)16/h3-7,10-11H,2,8-9H2,1H3. The third kappa shape index (κ3) is 1.46. The van der Waals surface area contributed by atoms with Gasteiger partial charge in [-0.05, 0) is 47.1 Å². The van der Waals surface area contributed by atoms with Crippen LogP contribution < -0.4 is 0 Å². The van der Waals surface area contributed by atoms with Crippen LogP contribution in [0.5, 0.6) is 0 Å². The first-order valence-corrected chi connectivity index (χ1v) is 6.08. The first-order chi connectivity index (χ1) is 7.88. The largest absolute Gasteiger partial charge is 0.0620 e. The summed E-state index contributed by atoms with van der Waals surface area (Å²) < 4.78 is 0. The molecule has 80 valence electrons. The molecule has 2 aromatic rings. The van der Waals surface area contributed by atoms with Crippen LogP contribution in [0.1, 0.15) is 23.6 Å². The molecule has 0 heterocycles. The highest BCUT2D eigenvalue weighted by molar-refractivity contribution is 5.73. The molecule has 0 saturated heterocycles. The highest BCUT2D eigenvalue weighted by Crippen LogP contribution is 2.33. The fraction of sp³-hybridized carbons (Fsp3) is 0.250. The van der Waals surface area contributed by atoms with E-state index in [1.165, 1.54) is 40.7 Å². The number of benzene rings is 2. The number of hydrogen-bond acceptors (Lipinski definition) is 0. The maximum Gasteiger partial charge on any atom is -0.0149 e. The molecule has 2 aromatic carbocycles. The third-order valence-corrected chi connectivity index (χ3v) is 3.55. The van der Waals surface area contributed by atoms with Gasteiger partial charge < -0.3 is 0 Å². The van der Waals surface area contributed by atoms with Crippen LogP contribution in [-0.4, -0.2) is 0 Å². The van der Waals surface area contributed by atoms with Crippen molar-refractivity contribution in [1.82, 2.24) is 0 Å². The molecule has 0 nitrogen and oxygen atoms in total. The van der Waals surface area contributed by atoms with Gasteiger partial charge in [-0.15, -0.1) is 0 Å². The van der Waals surface area contributed by atoms with Gasteiger partial charge in [0, 0.05) is 0 Å². The molecule has 0 fully saturated rings. The smallest absolute Gasteiger partial charge is 0.0149 e. The van der Waals surface area contributed by atoms with Gasteiger partial charge in [-0.3, -0.25) is 0 Å². The molecule has 1 aliphatic rings. The summed E-state index contributed by atoms with van der Waals surface area (Å²) in [5.41, 5.74) is 7.36. The van der Waals surface area contributed by atoms with E-state index in [4.69, 9.17) is 0 Å². The predicted octanol–water partition coefficient (Wildman–Crippen LogP) is 4.01. The molecule has 16 heavy (non-hydrogen) atoms. The molecule has 0 aromatic heterocycles. The van der Waals surface area contributed by atoms with Gasteiger partial charge in [0.25, 0.3) is 0 Å². The van der Waals surface area contributed by atoms with Crippen molar-refractivity contribution in [2.45, 2.75) is 26.2 Å². The minimum absolute atomic E-state index is 1.13. The summed E-state index contributed by atoms with van der Waals surface area (Å²) in [5.74, 6) is 0. The third-order valence-electron chi connectivity index (χ3n) is 3.55. The van der Waals surface area contributed by atoms with E-state index in [0.29, 0.717) is 0 Å². The molecule has 3 rings (SSSR count). The number of rotatable bonds is 1. The summed E-state index contributed by atoms with van der Waals surface area (Å²) in [6.45, 7) is 2.22. The second-order valence-corrected chi connectivity index (χ2v) is 4.50. The average Bonchev–Trinajstić information content (AvgIpc) is 2.38. The van der Waals surface area contributed by atoms with Crippen molar-refractivity contribution >= 4 is 0 Å². The highest BCUT2D eigenvalue weighted by Gasteiger charge is 2.14. The van der Waals surface area contributed by atoms with Gasteiger partial charge in [-0.25, -0.2) is 0 Å². The van der Waals surface area contributed by atoms with Crippen LogP contribution in [0.15, 0.2) is 42.5 Å². The highest BCUT2D eigenvalue weighted by atomic mass is 14.2. The molecule has 0 unspecified atom stereocenters. The van der Waals surface area contributed by atoms with Crippen LogP contribution in [-0.2, 0) is 19.3 Å². The van der Waals surface area contributed by atoms with Crippen molar-refractivity contribution in [3.05, 3.63) is 59.2 Å². The Morgan fingerprint density at radius 3 is 2.50 bits per heavy atom. The minimum atomic E-state index is 1.13. The quantitative estimate of drug-likeness (QED) is 0.664. The number of fused-ring (bicyclic) bond motifs is 3. The van der Waals surface area contributed by atoms with Gasteiger partial charge >= 0.3 is 0 Å². The normalized spacial score (nSPS) is 13.1. The number of hydrogen-bond donors (Lipinski definition) is 0. The van der Waals surface area contributed by atoms with E-state index < -0.39 is 0 Å². The zero-order chi connectivity index (χ0) is 11.0. The lowest BCUT2D eigenvalue weighted by atomic mass is 9.85. The lowest BCUT2D eigenvalue weighted by Crippen LogP contribution is -2.04. The Morgan fingerprint density at radius 1 is 0.875 bits per heavy atom. The van der Waals surface area contributed by atoms with Crippen molar-refractivity contribution in [2.24, 2.45) is 0 Å². The van der Waals surface area contributed by atoms with Crippen molar-refractivity contribution in [3.63, 3.8) is 0 Å². The van der Waals surface area contributed by atoms with E-state index in [2.05, 4.69) is 49.4 Å². The molecule has 0 saturated carbocycles. The molecule has 0 radical (unpaired) electrons. The summed E-state index contributed by atoms with van der Waals surface area (Å²) in [6.07, 6.45) is 3.52. The Morgan fingerprint density at radius 2 is 1.62 bits per heavy atom. The van der Waals surface area contributed by atoms with E-state index in [9.17, 15) is 0 Å².